The number of carbonyl (C=O) groups excluding carboxylic acids is 2. The second kappa shape index (κ2) is 8.48. The molecule has 0 unspecified atom stereocenters. The Morgan fingerprint density at radius 2 is 0.690 bits per heavy atom. The average Bonchev–Trinajstić information content (AvgIpc) is 3.17. The summed E-state index contributed by atoms with van der Waals surface area (Å²) in [6, 6.07) is 29.0. The van der Waals surface area contributed by atoms with E-state index in [1.807, 2.05) is 56.0 Å². The highest BCUT2D eigenvalue weighted by Gasteiger charge is 2.80. The number of carbonyl (C=O) groups is 2. The summed E-state index contributed by atoms with van der Waals surface area (Å²) >= 11 is 0. The van der Waals surface area contributed by atoms with Gasteiger partial charge in [0.2, 0.25) is 0 Å². The van der Waals surface area contributed by atoms with E-state index in [0.717, 1.165) is 55.6 Å². The number of hydrogen-bond donors (Lipinski definition) is 0. The van der Waals surface area contributed by atoms with Crippen LogP contribution in [0.4, 0.5) is 9.59 Å². The average molecular weight is 555 g/mol. The monoisotopic (exact) mass is 554 g/mol. The van der Waals surface area contributed by atoms with Crippen LogP contribution >= 0.6 is 0 Å². The van der Waals surface area contributed by atoms with Crippen LogP contribution in [0, 0.1) is 27.7 Å². The number of nitrogens with zero attached hydrogens (tertiary/aromatic N) is 4. The second-order valence-corrected chi connectivity index (χ2v) is 12.3. The van der Waals surface area contributed by atoms with Crippen molar-refractivity contribution in [1.82, 2.24) is 19.6 Å². The Balaban J connectivity index is 1.54. The van der Waals surface area contributed by atoms with Crippen LogP contribution in [0.2, 0.25) is 0 Å². The van der Waals surface area contributed by atoms with Gasteiger partial charge >= 0.3 is 12.1 Å². The summed E-state index contributed by atoms with van der Waals surface area (Å²) in [5, 5.41) is 0. The van der Waals surface area contributed by atoms with Crippen LogP contribution < -0.4 is 0 Å². The first-order chi connectivity index (χ1) is 20.3. The third-order valence-corrected chi connectivity index (χ3v) is 10.4. The minimum absolute atomic E-state index is 0.0484. The predicted octanol–water partition coefficient (Wildman–Crippen LogP) is 6.83. The number of aryl methyl sites for hydroxylation is 4. The van der Waals surface area contributed by atoms with Crippen LogP contribution in [0.15, 0.2) is 84.9 Å². The van der Waals surface area contributed by atoms with Gasteiger partial charge in [-0.05, 0) is 72.2 Å². The van der Waals surface area contributed by atoms with Crippen LogP contribution in [-0.4, -0.2) is 31.7 Å². The summed E-state index contributed by atoms with van der Waals surface area (Å²) < 4.78 is 0. The Morgan fingerprint density at radius 1 is 0.429 bits per heavy atom. The van der Waals surface area contributed by atoms with Crippen LogP contribution in [0.5, 0.6) is 0 Å². The normalized spacial score (nSPS) is 23.9. The fourth-order valence-electron chi connectivity index (χ4n) is 8.35. The SMILES string of the molecule is Cc1ccc(C)c2c1CN1C(=O)N3Cc4c(C)ccc(C)c4CN4C(=O)N(C2)C1(c1ccccc1)C34c1ccccc1. The molecule has 0 bridgehead atoms. The molecule has 0 saturated carbocycles. The summed E-state index contributed by atoms with van der Waals surface area (Å²) in [6.07, 6.45) is 0. The minimum atomic E-state index is -1.09. The molecule has 4 amide bonds. The van der Waals surface area contributed by atoms with Crippen molar-refractivity contribution in [2.75, 3.05) is 0 Å². The van der Waals surface area contributed by atoms with E-state index in [1.165, 1.54) is 0 Å². The smallest absolute Gasteiger partial charge is 0.289 e. The molecule has 0 aromatic heterocycles. The zero-order valence-electron chi connectivity index (χ0n) is 24.5. The van der Waals surface area contributed by atoms with Gasteiger partial charge < -0.3 is 0 Å². The third-order valence-electron chi connectivity index (χ3n) is 10.4. The van der Waals surface area contributed by atoms with Gasteiger partial charge in [0.05, 0.1) is 26.2 Å². The van der Waals surface area contributed by atoms with E-state index in [2.05, 4.69) is 76.2 Å². The molecular formula is C36H34N4O2. The molecule has 0 radical (unpaired) electrons. The van der Waals surface area contributed by atoms with Crippen molar-refractivity contribution in [2.45, 2.75) is 65.2 Å². The maximum Gasteiger partial charge on any atom is 0.325 e. The largest absolute Gasteiger partial charge is 0.325 e. The van der Waals surface area contributed by atoms with Gasteiger partial charge in [-0.3, -0.25) is 19.6 Å². The van der Waals surface area contributed by atoms with Crippen molar-refractivity contribution in [2.24, 2.45) is 0 Å². The van der Waals surface area contributed by atoms with Crippen molar-refractivity contribution < 1.29 is 9.59 Å². The number of fused-ring (bicyclic) bond motifs is 2. The molecule has 4 aliphatic heterocycles. The van der Waals surface area contributed by atoms with E-state index in [-0.39, 0.29) is 12.1 Å². The number of rotatable bonds is 2. The first kappa shape index (κ1) is 25.2. The lowest BCUT2D eigenvalue weighted by atomic mass is 9.79. The van der Waals surface area contributed by atoms with E-state index in [1.54, 1.807) is 0 Å². The number of urea groups is 2. The Bertz CT molecular complexity index is 1580. The summed E-state index contributed by atoms with van der Waals surface area (Å²) in [7, 11) is 0. The first-order valence-corrected chi connectivity index (χ1v) is 14.8. The Kier molecular flexibility index (Phi) is 5.08. The third kappa shape index (κ3) is 2.80. The van der Waals surface area contributed by atoms with E-state index in [0.29, 0.717) is 26.2 Å². The molecule has 4 aliphatic rings. The molecule has 4 heterocycles. The number of hydrogen-bond acceptors (Lipinski definition) is 2. The van der Waals surface area contributed by atoms with Crippen molar-refractivity contribution in [3.63, 3.8) is 0 Å². The number of benzene rings is 4. The maximum absolute atomic E-state index is 15.2. The fraction of sp³-hybridized carbons (Fsp3) is 0.278. The van der Waals surface area contributed by atoms with Gasteiger partial charge in [-0.15, -0.1) is 0 Å². The topological polar surface area (TPSA) is 47.1 Å². The van der Waals surface area contributed by atoms with Gasteiger partial charge in [0.1, 0.15) is 0 Å². The molecule has 4 aromatic carbocycles. The zero-order chi connectivity index (χ0) is 29.0. The van der Waals surface area contributed by atoms with Crippen molar-refractivity contribution >= 4 is 12.1 Å². The molecule has 2 saturated heterocycles. The highest BCUT2D eigenvalue weighted by molar-refractivity contribution is 5.91. The highest BCUT2D eigenvalue weighted by atomic mass is 16.2. The van der Waals surface area contributed by atoms with Gasteiger partial charge in [0.25, 0.3) is 0 Å². The Morgan fingerprint density at radius 3 is 0.952 bits per heavy atom. The zero-order valence-corrected chi connectivity index (χ0v) is 24.5. The molecule has 0 N–H and O–H groups in total. The second-order valence-electron chi connectivity index (χ2n) is 12.3. The first-order valence-electron chi connectivity index (χ1n) is 14.8. The molecular weight excluding hydrogens is 520 g/mol. The van der Waals surface area contributed by atoms with Crippen LogP contribution in [0.1, 0.15) is 55.6 Å². The summed E-state index contributed by atoms with van der Waals surface area (Å²) in [4.78, 5) is 38.5. The highest BCUT2D eigenvalue weighted by Crippen LogP contribution is 2.65. The Labute approximate surface area is 246 Å². The lowest BCUT2D eigenvalue weighted by Crippen LogP contribution is -2.62. The standard InChI is InChI=1S/C36H34N4O2/c1-23-15-16-24(2)30-20-38-34(42)40-22-32-26(4)18-17-25(3)31(32)21-39-33(41)37(19-29(23)30)35(38,27-11-7-5-8-12-27)36(39,40)28-13-9-6-10-14-28/h5-18H,19-22H2,1-4H3. The van der Waals surface area contributed by atoms with Crippen molar-refractivity contribution in [3.8, 4) is 0 Å². The molecule has 8 rings (SSSR count). The maximum atomic E-state index is 15.2. The molecule has 4 aromatic rings. The lowest BCUT2D eigenvalue weighted by molar-refractivity contribution is -0.0794. The van der Waals surface area contributed by atoms with Crippen molar-refractivity contribution in [1.29, 1.82) is 0 Å². The molecule has 210 valence electrons. The Hall–Kier alpha value is -4.58. The molecule has 0 atom stereocenters. The number of amides is 4. The lowest BCUT2D eigenvalue weighted by Gasteiger charge is -2.49. The van der Waals surface area contributed by atoms with Gasteiger partial charge in [-0.2, -0.15) is 0 Å². The van der Waals surface area contributed by atoms with Crippen LogP contribution in [0.3, 0.4) is 0 Å². The summed E-state index contributed by atoms with van der Waals surface area (Å²) in [6.45, 7) is 10.2. The molecule has 0 aliphatic carbocycles. The van der Waals surface area contributed by atoms with Crippen LogP contribution in [-0.2, 0) is 37.5 Å². The van der Waals surface area contributed by atoms with E-state index >= 15 is 9.59 Å². The summed E-state index contributed by atoms with van der Waals surface area (Å²) in [5.74, 6) is 0. The van der Waals surface area contributed by atoms with Crippen molar-refractivity contribution in [3.05, 3.63) is 141 Å². The van der Waals surface area contributed by atoms with Gasteiger partial charge in [-0.25, -0.2) is 9.59 Å². The van der Waals surface area contributed by atoms with E-state index < -0.39 is 11.3 Å². The molecule has 6 nitrogen and oxygen atoms in total. The van der Waals surface area contributed by atoms with Gasteiger partial charge in [0.15, 0.2) is 11.3 Å². The van der Waals surface area contributed by atoms with Gasteiger partial charge in [0, 0.05) is 11.1 Å². The molecule has 2 fully saturated rings. The quantitative estimate of drug-likeness (QED) is 0.273. The summed E-state index contributed by atoms with van der Waals surface area (Å²) in [5.41, 5.74) is 8.84. The van der Waals surface area contributed by atoms with E-state index in [9.17, 15) is 0 Å². The fourth-order valence-corrected chi connectivity index (χ4v) is 8.35. The minimum Gasteiger partial charge on any atom is -0.289 e. The van der Waals surface area contributed by atoms with E-state index in [4.69, 9.17) is 0 Å². The van der Waals surface area contributed by atoms with Gasteiger partial charge in [-0.1, -0.05) is 84.9 Å². The molecule has 6 heteroatoms. The van der Waals surface area contributed by atoms with Crippen LogP contribution in [0.25, 0.3) is 0 Å². The molecule has 0 spiro atoms. The predicted molar refractivity (Wildman–Crippen MR) is 161 cm³/mol. The molecule has 42 heavy (non-hydrogen) atoms.